The number of non-ortho nitro benzene ring substituents is 1. The van der Waals surface area contributed by atoms with E-state index in [1.807, 2.05) is 0 Å². The van der Waals surface area contributed by atoms with Gasteiger partial charge in [-0.2, -0.15) is 0 Å². The van der Waals surface area contributed by atoms with Crippen molar-refractivity contribution in [1.82, 2.24) is 0 Å². The van der Waals surface area contributed by atoms with Gasteiger partial charge in [0.1, 0.15) is 6.61 Å². The quantitative estimate of drug-likeness (QED) is 0.556. The van der Waals surface area contributed by atoms with Crippen LogP contribution >= 0.6 is 0 Å². The summed E-state index contributed by atoms with van der Waals surface area (Å²) in [4.78, 5) is 20.9. The summed E-state index contributed by atoms with van der Waals surface area (Å²) in [7, 11) is 1.47. The first-order valence-electron chi connectivity index (χ1n) is 7.42. The zero-order valence-corrected chi connectivity index (χ0v) is 13.5. The molecule has 1 atom stereocenters. The zero-order valence-electron chi connectivity index (χ0n) is 13.5. The lowest BCUT2D eigenvalue weighted by Crippen LogP contribution is -2.15. The Labute approximate surface area is 143 Å². The molecule has 0 aliphatic heterocycles. The monoisotopic (exact) mass is 346 g/mol. The fourth-order valence-electron chi connectivity index (χ4n) is 2.22. The van der Waals surface area contributed by atoms with Gasteiger partial charge in [0.2, 0.25) is 0 Å². The van der Waals surface area contributed by atoms with Gasteiger partial charge < -0.3 is 20.3 Å². The Hall–Kier alpha value is -3.13. The minimum absolute atomic E-state index is 0.0121. The second kappa shape index (κ2) is 8.11. The average molecular weight is 346 g/mol. The molecule has 2 aromatic rings. The van der Waals surface area contributed by atoms with Crippen molar-refractivity contribution in [2.75, 3.05) is 7.11 Å². The number of carbonyl (C=O) groups is 1. The third-order valence-corrected chi connectivity index (χ3v) is 3.55. The number of carboxylic acid groups (broad SMARTS) is 1. The van der Waals surface area contributed by atoms with E-state index in [-0.39, 0.29) is 18.7 Å². The van der Waals surface area contributed by atoms with E-state index in [2.05, 4.69) is 0 Å². The molecule has 0 aliphatic rings. The lowest BCUT2D eigenvalue weighted by atomic mass is 10.0. The van der Waals surface area contributed by atoms with Crippen LogP contribution in [-0.4, -0.2) is 23.1 Å². The number of aliphatic carboxylic acids is 1. The Morgan fingerprint density at radius 3 is 2.48 bits per heavy atom. The minimum atomic E-state index is -0.982. The number of methoxy groups -OCH3 is 1. The summed E-state index contributed by atoms with van der Waals surface area (Å²) in [6.45, 7) is 0.203. The molecule has 0 aliphatic carbocycles. The van der Waals surface area contributed by atoms with Gasteiger partial charge in [-0.15, -0.1) is 0 Å². The number of hydrogen-bond acceptors (Lipinski definition) is 6. The predicted octanol–water partition coefficient (Wildman–Crippen LogP) is 2.66. The molecule has 3 N–H and O–H groups in total. The largest absolute Gasteiger partial charge is 0.493 e. The maximum atomic E-state index is 10.8. The van der Waals surface area contributed by atoms with Crippen molar-refractivity contribution in [2.45, 2.75) is 19.1 Å². The maximum Gasteiger partial charge on any atom is 0.305 e. The molecule has 0 aromatic heterocycles. The van der Waals surface area contributed by atoms with Crippen LogP contribution in [0.5, 0.6) is 11.5 Å². The summed E-state index contributed by atoms with van der Waals surface area (Å²) in [5.74, 6) is -0.0858. The molecular formula is C17H18N2O6. The summed E-state index contributed by atoms with van der Waals surface area (Å²) in [5.41, 5.74) is 7.24. The van der Waals surface area contributed by atoms with Crippen LogP contribution in [-0.2, 0) is 11.4 Å². The molecule has 0 radical (unpaired) electrons. The summed E-state index contributed by atoms with van der Waals surface area (Å²) in [6, 6.07) is 10.4. The number of nitrogens with zero attached hydrogens (tertiary/aromatic N) is 1. The van der Waals surface area contributed by atoms with Crippen molar-refractivity contribution < 1.29 is 24.3 Å². The van der Waals surface area contributed by atoms with E-state index in [0.29, 0.717) is 17.1 Å². The Kier molecular flexibility index (Phi) is 5.91. The van der Waals surface area contributed by atoms with Crippen LogP contribution in [0.1, 0.15) is 23.6 Å². The molecule has 8 heteroatoms. The number of carboxylic acids is 1. The van der Waals surface area contributed by atoms with Gasteiger partial charge in [-0.05, 0) is 35.4 Å². The molecule has 0 saturated carbocycles. The SMILES string of the molecule is COc1cc(C(N)CC(=O)O)ccc1OCc1ccc([N+](=O)[O-])cc1. The standard InChI is InChI=1S/C17H18N2O6/c1-24-16-8-12(14(18)9-17(20)21)4-7-15(16)25-10-11-2-5-13(6-3-11)19(22)23/h2-8,14H,9-10,18H2,1H3,(H,20,21). The molecule has 0 bridgehead atoms. The van der Waals surface area contributed by atoms with Gasteiger partial charge >= 0.3 is 5.97 Å². The normalized spacial score (nSPS) is 11.6. The number of nitro benzene ring substituents is 1. The summed E-state index contributed by atoms with van der Waals surface area (Å²) >= 11 is 0. The van der Waals surface area contributed by atoms with Crippen LogP contribution in [0.2, 0.25) is 0 Å². The number of rotatable bonds is 8. The molecule has 0 saturated heterocycles. The lowest BCUT2D eigenvalue weighted by Gasteiger charge is -2.15. The molecule has 1 unspecified atom stereocenters. The highest BCUT2D eigenvalue weighted by molar-refractivity contribution is 5.68. The van der Waals surface area contributed by atoms with Crippen molar-refractivity contribution in [2.24, 2.45) is 5.73 Å². The van der Waals surface area contributed by atoms with E-state index >= 15 is 0 Å². The van der Waals surface area contributed by atoms with Crippen LogP contribution in [0.3, 0.4) is 0 Å². The predicted molar refractivity (Wildman–Crippen MR) is 89.6 cm³/mol. The fraction of sp³-hybridized carbons (Fsp3) is 0.235. The van der Waals surface area contributed by atoms with E-state index in [1.54, 1.807) is 30.3 Å². The van der Waals surface area contributed by atoms with Crippen molar-refractivity contribution in [3.05, 3.63) is 63.7 Å². The van der Waals surface area contributed by atoms with Crippen molar-refractivity contribution >= 4 is 11.7 Å². The molecule has 0 spiro atoms. The first kappa shape index (κ1) is 18.2. The highest BCUT2D eigenvalue weighted by Gasteiger charge is 2.14. The van der Waals surface area contributed by atoms with E-state index in [9.17, 15) is 14.9 Å². The molecule has 132 valence electrons. The third-order valence-electron chi connectivity index (χ3n) is 3.55. The molecule has 8 nitrogen and oxygen atoms in total. The van der Waals surface area contributed by atoms with Crippen molar-refractivity contribution in [3.63, 3.8) is 0 Å². The Morgan fingerprint density at radius 1 is 1.24 bits per heavy atom. The second-order valence-corrected chi connectivity index (χ2v) is 5.33. The van der Waals surface area contributed by atoms with Crippen LogP contribution < -0.4 is 15.2 Å². The van der Waals surface area contributed by atoms with Crippen molar-refractivity contribution in [3.8, 4) is 11.5 Å². The van der Waals surface area contributed by atoms with E-state index in [1.165, 1.54) is 19.2 Å². The lowest BCUT2D eigenvalue weighted by molar-refractivity contribution is -0.384. The molecule has 0 fully saturated rings. The van der Waals surface area contributed by atoms with Gasteiger partial charge in [-0.25, -0.2) is 0 Å². The van der Waals surface area contributed by atoms with Crippen LogP contribution in [0.15, 0.2) is 42.5 Å². The van der Waals surface area contributed by atoms with Crippen LogP contribution in [0, 0.1) is 10.1 Å². The van der Waals surface area contributed by atoms with Crippen LogP contribution in [0.25, 0.3) is 0 Å². The third kappa shape index (κ3) is 4.92. The first-order chi connectivity index (χ1) is 11.9. The van der Waals surface area contributed by atoms with Gasteiger partial charge in [-0.3, -0.25) is 14.9 Å². The van der Waals surface area contributed by atoms with Gasteiger partial charge in [0.25, 0.3) is 5.69 Å². The molecular weight excluding hydrogens is 328 g/mol. The van der Waals surface area contributed by atoms with E-state index in [0.717, 1.165) is 5.56 Å². The minimum Gasteiger partial charge on any atom is -0.493 e. The molecule has 25 heavy (non-hydrogen) atoms. The fourth-order valence-corrected chi connectivity index (χ4v) is 2.22. The highest BCUT2D eigenvalue weighted by Crippen LogP contribution is 2.31. The molecule has 0 amide bonds. The Bertz CT molecular complexity index is 760. The van der Waals surface area contributed by atoms with E-state index in [4.69, 9.17) is 20.3 Å². The zero-order chi connectivity index (χ0) is 18.4. The summed E-state index contributed by atoms with van der Waals surface area (Å²) in [5, 5.41) is 19.5. The summed E-state index contributed by atoms with van der Waals surface area (Å²) in [6.07, 6.45) is -0.188. The number of nitro groups is 1. The first-order valence-corrected chi connectivity index (χ1v) is 7.42. The van der Waals surface area contributed by atoms with Gasteiger partial charge in [-0.1, -0.05) is 6.07 Å². The average Bonchev–Trinajstić information content (AvgIpc) is 2.59. The van der Waals surface area contributed by atoms with E-state index < -0.39 is 16.9 Å². The Morgan fingerprint density at radius 2 is 1.92 bits per heavy atom. The van der Waals surface area contributed by atoms with Crippen LogP contribution in [0.4, 0.5) is 5.69 Å². The number of hydrogen-bond donors (Lipinski definition) is 2. The van der Waals surface area contributed by atoms with Gasteiger partial charge in [0.15, 0.2) is 11.5 Å². The Balaban J connectivity index is 2.08. The molecule has 2 rings (SSSR count). The topological polar surface area (TPSA) is 125 Å². The smallest absolute Gasteiger partial charge is 0.305 e. The van der Waals surface area contributed by atoms with Gasteiger partial charge in [0, 0.05) is 18.2 Å². The number of nitrogens with two attached hydrogens (primary N) is 1. The summed E-state index contributed by atoms with van der Waals surface area (Å²) < 4.78 is 10.9. The van der Waals surface area contributed by atoms with Gasteiger partial charge in [0.05, 0.1) is 18.5 Å². The number of benzene rings is 2. The maximum absolute atomic E-state index is 10.8. The second-order valence-electron chi connectivity index (χ2n) is 5.33. The molecule has 0 heterocycles. The number of ether oxygens (including phenoxy) is 2. The van der Waals surface area contributed by atoms with Crippen molar-refractivity contribution in [1.29, 1.82) is 0 Å². The highest BCUT2D eigenvalue weighted by atomic mass is 16.6. The molecule has 2 aromatic carbocycles.